The van der Waals surface area contributed by atoms with E-state index in [4.69, 9.17) is 19.1 Å². The van der Waals surface area contributed by atoms with Crippen LogP contribution in [0.25, 0.3) is 0 Å². The Morgan fingerprint density at radius 1 is 1.12 bits per heavy atom. The smallest absolute Gasteiger partial charge is 0.490 e. The number of methoxy groups -OCH3 is 1. The zero-order valence-electron chi connectivity index (χ0n) is 19.2. The Morgan fingerprint density at radius 3 is 2.32 bits per heavy atom. The molecule has 1 N–H and O–H groups in total. The predicted molar refractivity (Wildman–Crippen MR) is 118 cm³/mol. The molecule has 0 unspecified atom stereocenters. The molecule has 34 heavy (non-hydrogen) atoms. The highest BCUT2D eigenvalue weighted by atomic mass is 19.4. The van der Waals surface area contributed by atoms with E-state index in [2.05, 4.69) is 23.1 Å². The van der Waals surface area contributed by atoms with Crippen molar-refractivity contribution in [1.82, 2.24) is 9.80 Å². The number of alkyl halides is 3. The Hall–Kier alpha value is -3.01. The van der Waals surface area contributed by atoms with E-state index in [9.17, 15) is 18.0 Å². The van der Waals surface area contributed by atoms with Crippen molar-refractivity contribution >= 4 is 11.9 Å². The average molecular weight is 482 g/mol. The minimum Gasteiger partial charge on any atom is -0.497 e. The lowest BCUT2D eigenvalue weighted by molar-refractivity contribution is -0.192. The Balaban J connectivity index is 0.000000406. The molecule has 2 aromatic rings. The SMILES string of the molecule is COc1cccc(CN2CCC3(CC2)CCN(C(=O)c2ccc(C)o2)C3)c1.O=C(O)C(F)(F)F. The first kappa shape index (κ1) is 25.6. The molecule has 0 atom stereocenters. The van der Waals surface area contributed by atoms with Gasteiger partial charge in [0, 0.05) is 19.6 Å². The number of hydrogen-bond donors (Lipinski definition) is 1. The molecule has 186 valence electrons. The van der Waals surface area contributed by atoms with E-state index in [1.165, 1.54) is 5.56 Å². The third-order valence-corrected chi connectivity index (χ3v) is 6.38. The van der Waals surface area contributed by atoms with Gasteiger partial charge < -0.3 is 19.2 Å². The van der Waals surface area contributed by atoms with Gasteiger partial charge in [-0.15, -0.1) is 0 Å². The van der Waals surface area contributed by atoms with Crippen molar-refractivity contribution in [3.05, 3.63) is 53.5 Å². The van der Waals surface area contributed by atoms with Crippen molar-refractivity contribution in [3.8, 4) is 5.75 Å². The molecule has 0 bridgehead atoms. The highest BCUT2D eigenvalue weighted by Crippen LogP contribution is 2.41. The predicted octanol–water partition coefficient (Wildman–Crippen LogP) is 4.36. The van der Waals surface area contributed by atoms with E-state index in [1.54, 1.807) is 13.2 Å². The number of nitrogens with zero attached hydrogens (tertiary/aromatic N) is 2. The van der Waals surface area contributed by atoms with Gasteiger partial charge in [0.15, 0.2) is 5.76 Å². The first-order valence-corrected chi connectivity index (χ1v) is 11.0. The van der Waals surface area contributed by atoms with E-state index in [0.717, 1.165) is 63.5 Å². The van der Waals surface area contributed by atoms with Crippen LogP contribution in [-0.2, 0) is 11.3 Å². The second-order valence-corrected chi connectivity index (χ2v) is 8.82. The van der Waals surface area contributed by atoms with Crippen LogP contribution in [0.15, 0.2) is 40.8 Å². The molecule has 7 nitrogen and oxygen atoms in total. The van der Waals surface area contributed by atoms with Gasteiger partial charge in [-0.3, -0.25) is 9.69 Å². The Bertz CT molecular complexity index is 996. The number of ether oxygens (including phenoxy) is 1. The lowest BCUT2D eigenvalue weighted by atomic mass is 9.77. The molecule has 1 spiro atoms. The van der Waals surface area contributed by atoms with Gasteiger partial charge in [0.25, 0.3) is 5.91 Å². The van der Waals surface area contributed by atoms with E-state index < -0.39 is 12.1 Å². The Morgan fingerprint density at radius 2 is 1.76 bits per heavy atom. The van der Waals surface area contributed by atoms with E-state index in [-0.39, 0.29) is 11.3 Å². The number of carbonyl (C=O) groups is 2. The largest absolute Gasteiger partial charge is 0.497 e. The lowest BCUT2D eigenvalue weighted by Crippen LogP contribution is -2.41. The van der Waals surface area contributed by atoms with Crippen LogP contribution < -0.4 is 4.74 Å². The molecule has 1 aromatic carbocycles. The van der Waals surface area contributed by atoms with Gasteiger partial charge in [0.1, 0.15) is 11.5 Å². The van der Waals surface area contributed by atoms with Crippen molar-refractivity contribution in [2.75, 3.05) is 33.3 Å². The summed E-state index contributed by atoms with van der Waals surface area (Å²) in [6.45, 7) is 6.70. The molecule has 4 rings (SSSR count). The molecule has 1 aromatic heterocycles. The molecule has 0 saturated carbocycles. The molecule has 2 saturated heterocycles. The number of halogens is 3. The summed E-state index contributed by atoms with van der Waals surface area (Å²) in [6, 6.07) is 12.0. The molecule has 3 heterocycles. The molecule has 2 fully saturated rings. The Kier molecular flexibility index (Phi) is 7.91. The fraction of sp³-hybridized carbons (Fsp3) is 0.500. The normalized spacial score (nSPS) is 17.9. The lowest BCUT2D eigenvalue weighted by Gasteiger charge is -2.39. The number of carbonyl (C=O) groups excluding carboxylic acids is 1. The standard InChI is InChI=1S/C22H28N2O3.C2HF3O2/c1-17-6-7-20(27-17)21(25)24-13-10-22(16-24)8-11-23(12-9-22)15-18-4-3-5-19(14-18)26-2;3-2(4,5)1(6)7/h3-7,14H,8-13,15-16H2,1-2H3;(H,6,7). The topological polar surface area (TPSA) is 83.2 Å². The number of benzene rings is 1. The fourth-order valence-electron chi connectivity index (χ4n) is 4.44. The maximum absolute atomic E-state index is 12.7. The third kappa shape index (κ3) is 6.53. The first-order chi connectivity index (χ1) is 16.0. The zero-order valence-corrected chi connectivity index (χ0v) is 19.2. The zero-order chi connectivity index (χ0) is 24.9. The molecule has 0 aliphatic carbocycles. The summed E-state index contributed by atoms with van der Waals surface area (Å²) < 4.78 is 42.6. The van der Waals surface area contributed by atoms with Crippen molar-refractivity contribution < 1.29 is 37.0 Å². The quantitative estimate of drug-likeness (QED) is 0.698. The van der Waals surface area contributed by atoms with Crippen LogP contribution in [0.1, 0.15) is 41.1 Å². The van der Waals surface area contributed by atoms with Crippen LogP contribution in [0.5, 0.6) is 5.75 Å². The number of aliphatic carboxylic acids is 1. The maximum atomic E-state index is 12.7. The summed E-state index contributed by atoms with van der Waals surface area (Å²) in [4.78, 5) is 26.1. The van der Waals surface area contributed by atoms with E-state index in [0.29, 0.717) is 5.76 Å². The number of furan rings is 1. The summed E-state index contributed by atoms with van der Waals surface area (Å²) in [6.07, 6.45) is -1.68. The van der Waals surface area contributed by atoms with Gasteiger partial charge in [-0.05, 0) is 74.5 Å². The van der Waals surface area contributed by atoms with Gasteiger partial charge in [-0.1, -0.05) is 12.1 Å². The van der Waals surface area contributed by atoms with Crippen LogP contribution in [0, 0.1) is 12.3 Å². The van der Waals surface area contributed by atoms with Gasteiger partial charge in [0.2, 0.25) is 0 Å². The van der Waals surface area contributed by atoms with Gasteiger partial charge >= 0.3 is 12.1 Å². The number of carboxylic acid groups (broad SMARTS) is 1. The van der Waals surface area contributed by atoms with E-state index in [1.807, 2.05) is 24.0 Å². The summed E-state index contributed by atoms with van der Waals surface area (Å²) in [7, 11) is 1.71. The first-order valence-electron chi connectivity index (χ1n) is 11.0. The van der Waals surface area contributed by atoms with Gasteiger partial charge in [-0.2, -0.15) is 13.2 Å². The molecular weight excluding hydrogens is 453 g/mol. The Labute approximate surface area is 196 Å². The van der Waals surface area contributed by atoms with Crippen molar-refractivity contribution in [1.29, 1.82) is 0 Å². The number of carboxylic acids is 1. The van der Waals surface area contributed by atoms with Crippen molar-refractivity contribution in [2.45, 2.75) is 38.9 Å². The molecule has 0 radical (unpaired) electrons. The number of likely N-dealkylation sites (tertiary alicyclic amines) is 2. The van der Waals surface area contributed by atoms with Crippen LogP contribution in [-0.4, -0.2) is 66.2 Å². The summed E-state index contributed by atoms with van der Waals surface area (Å²) in [5.41, 5.74) is 1.57. The van der Waals surface area contributed by atoms with Crippen LogP contribution in [0.4, 0.5) is 13.2 Å². The second kappa shape index (κ2) is 10.5. The van der Waals surface area contributed by atoms with Crippen LogP contribution >= 0.6 is 0 Å². The highest BCUT2D eigenvalue weighted by molar-refractivity contribution is 5.91. The average Bonchev–Trinajstić information content (AvgIpc) is 3.42. The highest BCUT2D eigenvalue weighted by Gasteiger charge is 2.42. The fourth-order valence-corrected chi connectivity index (χ4v) is 4.44. The van der Waals surface area contributed by atoms with Crippen molar-refractivity contribution in [2.24, 2.45) is 5.41 Å². The van der Waals surface area contributed by atoms with Crippen molar-refractivity contribution in [3.63, 3.8) is 0 Å². The minimum absolute atomic E-state index is 0.0405. The number of hydrogen-bond acceptors (Lipinski definition) is 5. The van der Waals surface area contributed by atoms with Gasteiger partial charge in [-0.25, -0.2) is 4.79 Å². The molecular formula is C24H29F3N2O5. The molecule has 1 amide bonds. The molecule has 2 aliphatic rings. The number of piperidine rings is 1. The number of rotatable bonds is 4. The minimum atomic E-state index is -5.08. The van der Waals surface area contributed by atoms with E-state index >= 15 is 0 Å². The van der Waals surface area contributed by atoms with Crippen LogP contribution in [0.3, 0.4) is 0 Å². The number of aryl methyl sites for hydroxylation is 1. The number of amides is 1. The summed E-state index contributed by atoms with van der Waals surface area (Å²) in [5.74, 6) is -0.538. The third-order valence-electron chi connectivity index (χ3n) is 6.38. The monoisotopic (exact) mass is 482 g/mol. The molecule has 10 heteroatoms. The maximum Gasteiger partial charge on any atom is 0.490 e. The second-order valence-electron chi connectivity index (χ2n) is 8.82. The van der Waals surface area contributed by atoms with Crippen LogP contribution in [0.2, 0.25) is 0 Å². The molecule has 2 aliphatic heterocycles. The van der Waals surface area contributed by atoms with Gasteiger partial charge in [0.05, 0.1) is 7.11 Å². The summed E-state index contributed by atoms with van der Waals surface area (Å²) in [5, 5.41) is 7.12. The summed E-state index contributed by atoms with van der Waals surface area (Å²) >= 11 is 0.